The molecule has 1 aromatic rings. The Balaban J connectivity index is 2.01. The Hall–Kier alpha value is -1.35. The highest BCUT2D eigenvalue weighted by molar-refractivity contribution is 5.64. The van der Waals surface area contributed by atoms with Crippen LogP contribution in [0.2, 0.25) is 0 Å². The summed E-state index contributed by atoms with van der Waals surface area (Å²) in [7, 11) is 0. The molecule has 17 heavy (non-hydrogen) atoms. The van der Waals surface area contributed by atoms with Crippen molar-refractivity contribution < 1.29 is 9.28 Å². The molecule has 1 heterocycles. The average molecular weight is 233 g/mol. The Kier molecular flexibility index (Phi) is 3.79. The minimum atomic E-state index is -0.152. The van der Waals surface area contributed by atoms with Crippen molar-refractivity contribution in [3.8, 4) is 0 Å². The summed E-state index contributed by atoms with van der Waals surface area (Å²) in [6.45, 7) is 2.68. The van der Waals surface area contributed by atoms with Gasteiger partial charge in [0, 0.05) is 6.42 Å². The summed E-state index contributed by atoms with van der Waals surface area (Å²) in [6.07, 6.45) is 4.41. The van der Waals surface area contributed by atoms with Gasteiger partial charge in [0.1, 0.15) is 0 Å². The number of nitrogens with two attached hydrogens (primary N) is 1. The van der Waals surface area contributed by atoms with Crippen LogP contribution in [0.4, 0.5) is 4.79 Å². The molecule has 1 aliphatic heterocycles. The summed E-state index contributed by atoms with van der Waals surface area (Å²) in [5.41, 5.74) is 6.89. The molecule has 0 aliphatic carbocycles. The maximum Gasteiger partial charge on any atom is 0.414 e. The summed E-state index contributed by atoms with van der Waals surface area (Å²) >= 11 is 0. The zero-order chi connectivity index (χ0) is 12.1. The predicted octanol–water partition coefficient (Wildman–Crippen LogP) is 2.31. The molecule has 1 saturated heterocycles. The van der Waals surface area contributed by atoms with Crippen molar-refractivity contribution in [2.75, 3.05) is 19.6 Å². The number of rotatable bonds is 3. The van der Waals surface area contributed by atoms with Crippen LogP contribution in [0.15, 0.2) is 30.3 Å². The number of piperidine rings is 1. The highest BCUT2D eigenvalue weighted by atomic mass is 16.2. The molecule has 0 atom stereocenters. The Labute approximate surface area is 103 Å². The van der Waals surface area contributed by atoms with Crippen molar-refractivity contribution in [2.24, 2.45) is 5.73 Å². The number of hydrogen-bond acceptors (Lipinski definition) is 1. The molecule has 0 bridgehead atoms. The monoisotopic (exact) mass is 233 g/mol. The first-order valence-corrected chi connectivity index (χ1v) is 6.43. The normalized spacial score (nSPS) is 18.8. The number of quaternary nitrogens is 1. The minimum absolute atomic E-state index is 0.152. The van der Waals surface area contributed by atoms with E-state index in [0.717, 1.165) is 38.9 Å². The second-order valence-corrected chi connectivity index (χ2v) is 4.95. The molecule has 3 nitrogen and oxygen atoms in total. The average Bonchev–Trinajstić information content (AvgIpc) is 2.38. The van der Waals surface area contributed by atoms with Gasteiger partial charge in [-0.1, -0.05) is 30.3 Å². The van der Waals surface area contributed by atoms with Gasteiger partial charge in [0.25, 0.3) is 0 Å². The first-order chi connectivity index (χ1) is 8.23. The summed E-state index contributed by atoms with van der Waals surface area (Å²) in [5, 5.41) is 0. The van der Waals surface area contributed by atoms with Crippen molar-refractivity contribution in [2.45, 2.75) is 25.7 Å². The van der Waals surface area contributed by atoms with E-state index in [1.807, 2.05) is 18.2 Å². The lowest BCUT2D eigenvalue weighted by molar-refractivity contribution is -0.854. The lowest BCUT2D eigenvalue weighted by Crippen LogP contribution is -2.59. The van der Waals surface area contributed by atoms with Crippen molar-refractivity contribution in [3.63, 3.8) is 0 Å². The van der Waals surface area contributed by atoms with Crippen LogP contribution >= 0.6 is 0 Å². The Morgan fingerprint density at radius 2 is 1.76 bits per heavy atom. The number of nitrogens with zero attached hydrogens (tertiary/aromatic N) is 1. The van der Waals surface area contributed by atoms with E-state index in [4.69, 9.17) is 5.73 Å². The fourth-order valence-corrected chi connectivity index (χ4v) is 2.66. The van der Waals surface area contributed by atoms with Gasteiger partial charge in [-0.2, -0.15) is 0 Å². The van der Waals surface area contributed by atoms with Crippen LogP contribution in [0, 0.1) is 0 Å². The topological polar surface area (TPSA) is 43.1 Å². The predicted molar refractivity (Wildman–Crippen MR) is 68.4 cm³/mol. The number of carbonyl (C=O) groups is 1. The van der Waals surface area contributed by atoms with Gasteiger partial charge in [-0.05, 0) is 24.8 Å². The molecule has 0 spiro atoms. The van der Waals surface area contributed by atoms with Crippen LogP contribution < -0.4 is 5.73 Å². The van der Waals surface area contributed by atoms with Crippen LogP contribution in [0.25, 0.3) is 0 Å². The largest absolute Gasteiger partial charge is 0.414 e. The zero-order valence-corrected chi connectivity index (χ0v) is 10.3. The van der Waals surface area contributed by atoms with E-state index >= 15 is 0 Å². The second kappa shape index (κ2) is 5.32. The molecular weight excluding hydrogens is 212 g/mol. The molecule has 1 fully saturated rings. The van der Waals surface area contributed by atoms with Gasteiger partial charge >= 0.3 is 6.03 Å². The van der Waals surface area contributed by atoms with Crippen molar-refractivity contribution in [1.82, 2.24) is 0 Å². The third-order valence-corrected chi connectivity index (χ3v) is 3.81. The lowest BCUT2D eigenvalue weighted by atomic mass is 10.1. The highest BCUT2D eigenvalue weighted by Gasteiger charge is 2.35. The van der Waals surface area contributed by atoms with E-state index in [9.17, 15) is 4.79 Å². The Morgan fingerprint density at radius 3 is 2.35 bits per heavy atom. The maximum absolute atomic E-state index is 11.7. The summed E-state index contributed by atoms with van der Waals surface area (Å²) in [6, 6.07) is 10.2. The van der Waals surface area contributed by atoms with Crippen molar-refractivity contribution >= 4 is 6.03 Å². The molecule has 0 radical (unpaired) electrons. The summed E-state index contributed by atoms with van der Waals surface area (Å²) < 4.78 is 0.481. The van der Waals surface area contributed by atoms with Crippen LogP contribution in [-0.4, -0.2) is 30.1 Å². The van der Waals surface area contributed by atoms with Gasteiger partial charge < -0.3 is 5.73 Å². The summed E-state index contributed by atoms with van der Waals surface area (Å²) in [5.74, 6) is 0. The molecule has 3 heteroatoms. The molecular formula is C14H21N2O+. The smallest absolute Gasteiger partial charge is 0.319 e. The van der Waals surface area contributed by atoms with Crippen molar-refractivity contribution in [3.05, 3.63) is 35.9 Å². The lowest BCUT2D eigenvalue weighted by Gasteiger charge is -2.37. The number of likely N-dealkylation sites (tertiary alicyclic amines) is 1. The van der Waals surface area contributed by atoms with Gasteiger partial charge in [0.15, 0.2) is 0 Å². The number of carbonyl (C=O) groups excluding carboxylic acids is 1. The van der Waals surface area contributed by atoms with Gasteiger partial charge in [-0.3, -0.25) is 0 Å². The number of primary amides is 1. The van der Waals surface area contributed by atoms with E-state index < -0.39 is 0 Å². The van der Waals surface area contributed by atoms with Crippen LogP contribution in [0.5, 0.6) is 0 Å². The van der Waals surface area contributed by atoms with Gasteiger partial charge in [-0.25, -0.2) is 9.28 Å². The van der Waals surface area contributed by atoms with Crippen molar-refractivity contribution in [1.29, 1.82) is 0 Å². The first kappa shape index (κ1) is 12.1. The molecule has 1 aromatic carbocycles. The molecule has 0 unspecified atom stereocenters. The van der Waals surface area contributed by atoms with E-state index in [1.54, 1.807) is 0 Å². The quantitative estimate of drug-likeness (QED) is 0.800. The number of amides is 2. The van der Waals surface area contributed by atoms with E-state index in [0.29, 0.717) is 4.48 Å². The van der Waals surface area contributed by atoms with E-state index in [2.05, 4.69) is 12.1 Å². The van der Waals surface area contributed by atoms with Crippen LogP contribution in [0.1, 0.15) is 24.8 Å². The molecule has 0 aromatic heterocycles. The summed E-state index contributed by atoms with van der Waals surface area (Å²) in [4.78, 5) is 11.7. The maximum atomic E-state index is 11.7. The first-order valence-electron chi connectivity index (χ1n) is 6.43. The molecule has 1 aliphatic rings. The number of urea groups is 1. The standard InChI is InChI=1S/C14H20N2O/c15-14(17)16(10-5-2-6-11-16)12-9-13-7-3-1-4-8-13/h1,3-4,7-8H,2,5-6,9-12H2,(H-,15,17)/p+1. The fraction of sp³-hybridized carbons (Fsp3) is 0.500. The second-order valence-electron chi connectivity index (χ2n) is 4.95. The third-order valence-electron chi connectivity index (χ3n) is 3.81. The molecule has 0 saturated carbocycles. The molecule has 2 N–H and O–H groups in total. The minimum Gasteiger partial charge on any atom is -0.319 e. The molecule has 2 rings (SSSR count). The number of benzene rings is 1. The third kappa shape index (κ3) is 2.86. The van der Waals surface area contributed by atoms with Gasteiger partial charge in [0.2, 0.25) is 0 Å². The van der Waals surface area contributed by atoms with Crippen LogP contribution in [0.3, 0.4) is 0 Å². The van der Waals surface area contributed by atoms with E-state index in [-0.39, 0.29) is 6.03 Å². The van der Waals surface area contributed by atoms with E-state index in [1.165, 1.54) is 12.0 Å². The number of hydrogen-bond donors (Lipinski definition) is 1. The Bertz CT molecular complexity index is 369. The molecule has 92 valence electrons. The molecule has 2 amide bonds. The SMILES string of the molecule is NC(=O)[N+]1(CCc2ccccc2)CCCCC1. The Morgan fingerprint density at radius 1 is 1.12 bits per heavy atom. The van der Waals surface area contributed by atoms with Gasteiger partial charge in [0.05, 0.1) is 19.6 Å². The highest BCUT2D eigenvalue weighted by Crippen LogP contribution is 2.19. The fourth-order valence-electron chi connectivity index (χ4n) is 2.66. The van der Waals surface area contributed by atoms with Gasteiger partial charge in [-0.15, -0.1) is 0 Å². The zero-order valence-electron chi connectivity index (χ0n) is 10.3. The van der Waals surface area contributed by atoms with Crippen LogP contribution in [-0.2, 0) is 6.42 Å².